The molecule has 0 radical (unpaired) electrons. The summed E-state index contributed by atoms with van der Waals surface area (Å²) in [7, 11) is 0. The van der Waals surface area contributed by atoms with Gasteiger partial charge in [0.25, 0.3) is 0 Å². The van der Waals surface area contributed by atoms with E-state index in [1.54, 1.807) is 6.20 Å². The van der Waals surface area contributed by atoms with Crippen LogP contribution in [0.15, 0.2) is 41.0 Å². The summed E-state index contributed by atoms with van der Waals surface area (Å²) >= 11 is 3.47. The number of halogens is 1. The minimum atomic E-state index is -0.0161. The fourth-order valence-electron chi connectivity index (χ4n) is 1.52. The Balaban J connectivity index is 2.18. The Morgan fingerprint density at radius 3 is 2.61 bits per heavy atom. The monoisotopic (exact) mass is 306 g/mol. The van der Waals surface area contributed by atoms with Crippen LogP contribution < -0.4 is 10.5 Å². The van der Waals surface area contributed by atoms with Gasteiger partial charge in [0.05, 0.1) is 4.47 Å². The fraction of sp³-hybridized carbons (Fsp3) is 0.214. The van der Waals surface area contributed by atoms with Crippen LogP contribution in [0.2, 0.25) is 0 Å². The van der Waals surface area contributed by atoms with Crippen LogP contribution in [0.5, 0.6) is 11.6 Å². The standard InChI is InChI=1S/C14H15BrN2O/c1-9-3-5-13(12(15)7-9)18-14-6-4-11(8-17-14)10(2)16/h3-8,10H,16H2,1-2H3/t10-/m0/s1. The van der Waals surface area contributed by atoms with Crippen molar-refractivity contribution in [1.29, 1.82) is 0 Å². The van der Waals surface area contributed by atoms with Gasteiger partial charge in [0.2, 0.25) is 5.88 Å². The van der Waals surface area contributed by atoms with Crippen LogP contribution in [-0.2, 0) is 0 Å². The second-order valence-electron chi connectivity index (χ2n) is 4.25. The van der Waals surface area contributed by atoms with Crippen molar-refractivity contribution in [1.82, 2.24) is 4.98 Å². The van der Waals surface area contributed by atoms with Crippen LogP contribution in [0, 0.1) is 6.92 Å². The highest BCUT2D eigenvalue weighted by Crippen LogP contribution is 2.29. The van der Waals surface area contributed by atoms with Crippen molar-refractivity contribution in [2.75, 3.05) is 0 Å². The predicted molar refractivity (Wildman–Crippen MR) is 75.8 cm³/mol. The van der Waals surface area contributed by atoms with Gasteiger partial charge in [-0.3, -0.25) is 0 Å². The minimum Gasteiger partial charge on any atom is -0.438 e. The topological polar surface area (TPSA) is 48.1 Å². The van der Waals surface area contributed by atoms with Gasteiger partial charge in [-0.25, -0.2) is 4.98 Å². The maximum atomic E-state index is 5.77. The molecule has 0 aliphatic rings. The number of aryl methyl sites for hydroxylation is 1. The number of ether oxygens (including phenoxy) is 1. The molecule has 0 unspecified atom stereocenters. The Hall–Kier alpha value is -1.39. The first-order valence-corrected chi connectivity index (χ1v) is 6.51. The van der Waals surface area contributed by atoms with Crippen LogP contribution >= 0.6 is 15.9 Å². The molecule has 0 aliphatic heterocycles. The average molecular weight is 307 g/mol. The molecule has 2 aromatic rings. The number of aromatic nitrogens is 1. The molecule has 0 amide bonds. The Morgan fingerprint density at radius 1 is 1.28 bits per heavy atom. The van der Waals surface area contributed by atoms with Gasteiger partial charge in [0.15, 0.2) is 0 Å². The molecule has 1 heterocycles. The number of rotatable bonds is 3. The molecule has 0 saturated heterocycles. The second kappa shape index (κ2) is 5.50. The summed E-state index contributed by atoms with van der Waals surface area (Å²) in [6.45, 7) is 3.96. The van der Waals surface area contributed by atoms with Gasteiger partial charge in [-0.2, -0.15) is 0 Å². The summed E-state index contributed by atoms with van der Waals surface area (Å²) in [5.74, 6) is 1.31. The van der Waals surface area contributed by atoms with Gasteiger partial charge in [0, 0.05) is 18.3 Å². The maximum absolute atomic E-state index is 5.77. The first kappa shape index (κ1) is 13.1. The summed E-state index contributed by atoms with van der Waals surface area (Å²) in [6, 6.07) is 9.65. The Kier molecular flexibility index (Phi) is 3.99. The van der Waals surface area contributed by atoms with Gasteiger partial charge in [-0.1, -0.05) is 12.1 Å². The minimum absolute atomic E-state index is 0.0161. The van der Waals surface area contributed by atoms with Crippen molar-refractivity contribution >= 4 is 15.9 Å². The van der Waals surface area contributed by atoms with Gasteiger partial charge in [-0.15, -0.1) is 0 Å². The Bertz CT molecular complexity index is 538. The van der Waals surface area contributed by atoms with Crippen LogP contribution in [0.1, 0.15) is 24.1 Å². The number of pyridine rings is 1. The fourth-order valence-corrected chi connectivity index (χ4v) is 2.10. The van der Waals surface area contributed by atoms with E-state index in [1.807, 2.05) is 44.2 Å². The molecule has 94 valence electrons. The van der Waals surface area contributed by atoms with Crippen LogP contribution in [0.3, 0.4) is 0 Å². The van der Waals surface area contributed by atoms with E-state index in [9.17, 15) is 0 Å². The normalized spacial score (nSPS) is 12.2. The lowest BCUT2D eigenvalue weighted by Gasteiger charge is -2.09. The molecular weight excluding hydrogens is 292 g/mol. The molecule has 0 spiro atoms. The van der Waals surface area contributed by atoms with E-state index in [4.69, 9.17) is 10.5 Å². The van der Waals surface area contributed by atoms with Gasteiger partial charge in [-0.05, 0) is 53.0 Å². The van der Waals surface area contributed by atoms with E-state index >= 15 is 0 Å². The molecule has 1 atom stereocenters. The number of hydrogen-bond donors (Lipinski definition) is 1. The number of nitrogens with two attached hydrogens (primary N) is 1. The lowest BCUT2D eigenvalue weighted by molar-refractivity contribution is 0.459. The molecule has 0 aliphatic carbocycles. The summed E-state index contributed by atoms with van der Waals surface area (Å²) in [5, 5.41) is 0. The van der Waals surface area contributed by atoms with Gasteiger partial charge >= 0.3 is 0 Å². The van der Waals surface area contributed by atoms with Crippen molar-refractivity contribution < 1.29 is 4.74 Å². The van der Waals surface area contributed by atoms with Crippen molar-refractivity contribution in [3.05, 3.63) is 52.1 Å². The lowest BCUT2D eigenvalue weighted by Crippen LogP contribution is -2.05. The third-order valence-corrected chi connectivity index (χ3v) is 3.21. The number of benzene rings is 1. The van der Waals surface area contributed by atoms with E-state index in [1.165, 1.54) is 5.56 Å². The Morgan fingerprint density at radius 2 is 2.06 bits per heavy atom. The number of hydrogen-bond acceptors (Lipinski definition) is 3. The van der Waals surface area contributed by atoms with Crippen LogP contribution in [0.25, 0.3) is 0 Å². The summed E-state index contributed by atoms with van der Waals surface area (Å²) in [4.78, 5) is 4.24. The Labute approximate surface area is 115 Å². The molecule has 4 heteroatoms. The molecular formula is C14H15BrN2O. The summed E-state index contributed by atoms with van der Waals surface area (Å²) < 4.78 is 6.62. The molecule has 0 saturated carbocycles. The van der Waals surface area contributed by atoms with E-state index in [-0.39, 0.29) is 6.04 Å². The first-order valence-electron chi connectivity index (χ1n) is 5.72. The SMILES string of the molecule is Cc1ccc(Oc2ccc([C@H](C)N)cn2)c(Br)c1. The van der Waals surface area contributed by atoms with E-state index < -0.39 is 0 Å². The van der Waals surface area contributed by atoms with E-state index in [0.717, 1.165) is 15.8 Å². The molecule has 1 aromatic carbocycles. The quantitative estimate of drug-likeness (QED) is 0.933. The number of nitrogens with zero attached hydrogens (tertiary/aromatic N) is 1. The summed E-state index contributed by atoms with van der Waals surface area (Å²) in [6.07, 6.45) is 1.74. The third kappa shape index (κ3) is 3.09. The van der Waals surface area contributed by atoms with E-state index in [0.29, 0.717) is 5.88 Å². The predicted octanol–water partition coefficient (Wildman–Crippen LogP) is 3.96. The van der Waals surface area contributed by atoms with Crippen molar-refractivity contribution in [2.24, 2.45) is 5.73 Å². The molecule has 18 heavy (non-hydrogen) atoms. The maximum Gasteiger partial charge on any atom is 0.219 e. The zero-order valence-electron chi connectivity index (χ0n) is 10.4. The summed E-state index contributed by atoms with van der Waals surface area (Å²) in [5.41, 5.74) is 7.94. The molecule has 3 nitrogen and oxygen atoms in total. The molecule has 0 fully saturated rings. The van der Waals surface area contributed by atoms with Crippen molar-refractivity contribution in [3.8, 4) is 11.6 Å². The highest BCUT2D eigenvalue weighted by atomic mass is 79.9. The highest BCUT2D eigenvalue weighted by Gasteiger charge is 2.05. The van der Waals surface area contributed by atoms with Gasteiger partial charge in [0.1, 0.15) is 5.75 Å². The van der Waals surface area contributed by atoms with Crippen molar-refractivity contribution in [3.63, 3.8) is 0 Å². The van der Waals surface area contributed by atoms with Gasteiger partial charge < -0.3 is 10.5 Å². The highest BCUT2D eigenvalue weighted by molar-refractivity contribution is 9.10. The molecule has 1 aromatic heterocycles. The smallest absolute Gasteiger partial charge is 0.219 e. The first-order chi connectivity index (χ1) is 8.56. The molecule has 2 rings (SSSR count). The van der Waals surface area contributed by atoms with Crippen LogP contribution in [-0.4, -0.2) is 4.98 Å². The van der Waals surface area contributed by atoms with Crippen molar-refractivity contribution in [2.45, 2.75) is 19.9 Å². The zero-order valence-corrected chi connectivity index (χ0v) is 11.9. The molecule has 0 bridgehead atoms. The largest absolute Gasteiger partial charge is 0.438 e. The zero-order chi connectivity index (χ0) is 13.1. The second-order valence-corrected chi connectivity index (χ2v) is 5.11. The average Bonchev–Trinajstić information content (AvgIpc) is 2.33. The third-order valence-electron chi connectivity index (χ3n) is 2.59. The lowest BCUT2D eigenvalue weighted by atomic mass is 10.2. The van der Waals surface area contributed by atoms with Crippen LogP contribution in [0.4, 0.5) is 0 Å². The molecule has 2 N–H and O–H groups in total. The van der Waals surface area contributed by atoms with E-state index in [2.05, 4.69) is 20.9 Å².